The first-order chi connectivity index (χ1) is 10.6. The fourth-order valence-electron chi connectivity index (χ4n) is 1.79. The third-order valence-electron chi connectivity index (χ3n) is 2.86. The van der Waals surface area contributed by atoms with Crippen molar-refractivity contribution < 1.29 is 14.3 Å². The largest absolute Gasteiger partial charge is 0.492 e. The molecule has 0 bridgehead atoms. The highest BCUT2D eigenvalue weighted by atomic mass is 79.9. The zero-order valence-electron chi connectivity index (χ0n) is 11.9. The summed E-state index contributed by atoms with van der Waals surface area (Å²) in [5.41, 5.74) is 0. The minimum Gasteiger partial charge on any atom is -0.492 e. The number of carbonyl (C=O) groups is 2. The average Bonchev–Trinajstić information content (AvgIpc) is 3.04. The van der Waals surface area contributed by atoms with Crippen LogP contribution in [-0.2, 0) is 4.79 Å². The first-order valence-corrected chi connectivity index (χ1v) is 8.54. The second-order valence-electron chi connectivity index (χ2n) is 4.56. The molecule has 0 unspecified atom stereocenters. The monoisotopic (exact) mass is 381 g/mol. The Hall–Kier alpha value is -1.66. The lowest BCUT2D eigenvalue weighted by Gasteiger charge is -2.07. The fraction of sp³-hybridized carbons (Fsp3) is 0.250. The number of ketones is 1. The van der Waals surface area contributed by atoms with Crippen molar-refractivity contribution in [1.29, 1.82) is 0 Å². The highest BCUT2D eigenvalue weighted by Crippen LogP contribution is 2.17. The van der Waals surface area contributed by atoms with Gasteiger partial charge < -0.3 is 10.1 Å². The second kappa shape index (κ2) is 8.70. The molecule has 0 aliphatic heterocycles. The average molecular weight is 382 g/mol. The van der Waals surface area contributed by atoms with Gasteiger partial charge in [0.15, 0.2) is 5.78 Å². The third-order valence-corrected chi connectivity index (χ3v) is 4.27. The van der Waals surface area contributed by atoms with Gasteiger partial charge in [-0.05, 0) is 29.6 Å². The summed E-state index contributed by atoms with van der Waals surface area (Å²) < 4.78 is 6.46. The summed E-state index contributed by atoms with van der Waals surface area (Å²) in [5.74, 6) is 0.620. The van der Waals surface area contributed by atoms with E-state index in [1.54, 1.807) is 6.07 Å². The van der Waals surface area contributed by atoms with Gasteiger partial charge in [0.25, 0.3) is 0 Å². The minimum absolute atomic E-state index is 0.00976. The van der Waals surface area contributed by atoms with E-state index >= 15 is 0 Å². The van der Waals surface area contributed by atoms with Crippen LogP contribution in [0.3, 0.4) is 0 Å². The number of hydrogen-bond acceptors (Lipinski definition) is 4. The number of benzene rings is 1. The van der Waals surface area contributed by atoms with Crippen LogP contribution < -0.4 is 10.1 Å². The molecule has 0 spiro atoms. The molecule has 0 fully saturated rings. The predicted octanol–water partition coefficient (Wildman–Crippen LogP) is 3.67. The van der Waals surface area contributed by atoms with Crippen molar-refractivity contribution in [2.24, 2.45) is 0 Å². The highest BCUT2D eigenvalue weighted by molar-refractivity contribution is 9.10. The molecule has 0 radical (unpaired) electrons. The number of carbonyl (C=O) groups excluding carboxylic acids is 2. The van der Waals surface area contributed by atoms with E-state index in [2.05, 4.69) is 21.2 Å². The summed E-state index contributed by atoms with van der Waals surface area (Å²) in [4.78, 5) is 24.1. The molecule has 1 aromatic heterocycles. The van der Waals surface area contributed by atoms with Crippen molar-refractivity contribution in [3.8, 4) is 5.75 Å². The molecule has 4 nitrogen and oxygen atoms in total. The molecule has 1 heterocycles. The van der Waals surface area contributed by atoms with Crippen LogP contribution in [0, 0.1) is 0 Å². The molecule has 1 N–H and O–H groups in total. The molecule has 0 saturated carbocycles. The summed E-state index contributed by atoms with van der Waals surface area (Å²) in [5, 5.41) is 4.60. The molecule has 0 saturated heterocycles. The number of hydrogen-bond donors (Lipinski definition) is 1. The maximum Gasteiger partial charge on any atom is 0.220 e. The van der Waals surface area contributed by atoms with Crippen LogP contribution in [0.2, 0.25) is 0 Å². The zero-order valence-corrected chi connectivity index (χ0v) is 14.3. The Bertz CT molecular complexity index is 628. The number of ether oxygens (including phenoxy) is 1. The Morgan fingerprint density at radius 3 is 2.77 bits per heavy atom. The van der Waals surface area contributed by atoms with Gasteiger partial charge in [-0.15, -0.1) is 11.3 Å². The first-order valence-electron chi connectivity index (χ1n) is 6.87. The van der Waals surface area contributed by atoms with Gasteiger partial charge in [-0.2, -0.15) is 0 Å². The number of Topliss-reactive ketones (excluding diaryl/α,β-unsaturated/α-hetero) is 1. The predicted molar refractivity (Wildman–Crippen MR) is 90.5 cm³/mol. The quantitative estimate of drug-likeness (QED) is 0.560. The van der Waals surface area contributed by atoms with Gasteiger partial charge in [-0.1, -0.05) is 28.1 Å². The van der Waals surface area contributed by atoms with Crippen molar-refractivity contribution in [2.75, 3.05) is 13.2 Å². The molecule has 2 aromatic rings. The van der Waals surface area contributed by atoms with Gasteiger partial charge in [0.2, 0.25) is 5.91 Å². The van der Waals surface area contributed by atoms with Gasteiger partial charge in [-0.3, -0.25) is 9.59 Å². The van der Waals surface area contributed by atoms with E-state index in [0.29, 0.717) is 18.0 Å². The molecule has 116 valence electrons. The second-order valence-corrected chi connectivity index (χ2v) is 6.42. The van der Waals surface area contributed by atoms with Crippen LogP contribution in [0.1, 0.15) is 22.5 Å². The van der Waals surface area contributed by atoms with Gasteiger partial charge in [-0.25, -0.2) is 0 Å². The minimum atomic E-state index is -0.136. The van der Waals surface area contributed by atoms with E-state index in [-0.39, 0.29) is 24.5 Å². The van der Waals surface area contributed by atoms with Gasteiger partial charge in [0.1, 0.15) is 12.4 Å². The number of thiophene rings is 1. The number of halogens is 1. The molecular formula is C16H16BrNO3S. The molecular weight excluding hydrogens is 366 g/mol. The Morgan fingerprint density at radius 2 is 2.05 bits per heavy atom. The molecule has 0 aliphatic carbocycles. The van der Waals surface area contributed by atoms with Gasteiger partial charge >= 0.3 is 0 Å². The maximum atomic E-state index is 11.8. The maximum absolute atomic E-state index is 11.8. The summed E-state index contributed by atoms with van der Waals surface area (Å²) in [6.45, 7) is 0.805. The van der Waals surface area contributed by atoms with E-state index in [1.165, 1.54) is 11.3 Å². The van der Waals surface area contributed by atoms with Gasteiger partial charge in [0, 0.05) is 17.3 Å². The summed E-state index contributed by atoms with van der Waals surface area (Å²) in [6.07, 6.45) is 0.437. The molecule has 6 heteroatoms. The van der Waals surface area contributed by atoms with E-state index in [1.807, 2.05) is 35.7 Å². The summed E-state index contributed by atoms with van der Waals surface area (Å²) in [6, 6.07) is 11.1. The van der Waals surface area contributed by atoms with Crippen LogP contribution in [-0.4, -0.2) is 24.8 Å². The number of amides is 1. The Morgan fingerprint density at radius 1 is 1.18 bits per heavy atom. The van der Waals surface area contributed by atoms with E-state index in [9.17, 15) is 9.59 Å². The zero-order chi connectivity index (χ0) is 15.8. The lowest BCUT2D eigenvalue weighted by atomic mass is 10.2. The molecule has 1 amide bonds. The number of nitrogens with one attached hydrogen (secondary N) is 1. The fourth-order valence-corrected chi connectivity index (χ4v) is 2.86. The molecule has 2 rings (SSSR count). The Labute approximate surface area is 141 Å². The topological polar surface area (TPSA) is 55.4 Å². The third kappa shape index (κ3) is 5.61. The van der Waals surface area contributed by atoms with Gasteiger partial charge in [0.05, 0.1) is 11.4 Å². The van der Waals surface area contributed by atoms with E-state index in [4.69, 9.17) is 4.74 Å². The molecule has 1 aromatic carbocycles. The van der Waals surface area contributed by atoms with E-state index < -0.39 is 0 Å². The Balaban J connectivity index is 1.61. The molecule has 0 aliphatic rings. The van der Waals surface area contributed by atoms with Crippen LogP contribution >= 0.6 is 27.3 Å². The van der Waals surface area contributed by atoms with E-state index in [0.717, 1.165) is 10.2 Å². The first kappa shape index (κ1) is 16.7. The Kier molecular flexibility index (Phi) is 6.61. The van der Waals surface area contributed by atoms with Crippen molar-refractivity contribution >= 4 is 39.0 Å². The molecule has 0 atom stereocenters. The summed E-state index contributed by atoms with van der Waals surface area (Å²) >= 11 is 4.76. The van der Waals surface area contributed by atoms with Crippen molar-refractivity contribution in [3.63, 3.8) is 0 Å². The van der Waals surface area contributed by atoms with Crippen LogP contribution in [0.25, 0.3) is 0 Å². The smallest absolute Gasteiger partial charge is 0.220 e. The SMILES string of the molecule is O=C(CCC(=O)c1cccs1)NCCOc1cccc(Br)c1. The normalized spacial score (nSPS) is 10.2. The highest BCUT2D eigenvalue weighted by Gasteiger charge is 2.09. The van der Waals surface area contributed by atoms with Crippen LogP contribution in [0.4, 0.5) is 0 Å². The molecule has 22 heavy (non-hydrogen) atoms. The van der Waals surface area contributed by atoms with Crippen molar-refractivity contribution in [1.82, 2.24) is 5.32 Å². The standard InChI is InChI=1S/C16H16BrNO3S/c17-12-3-1-4-13(11-12)21-9-8-18-16(20)7-6-14(19)15-5-2-10-22-15/h1-5,10-11H,6-9H2,(H,18,20). The number of rotatable bonds is 8. The lowest BCUT2D eigenvalue weighted by molar-refractivity contribution is -0.121. The van der Waals surface area contributed by atoms with Crippen LogP contribution in [0.5, 0.6) is 5.75 Å². The van der Waals surface area contributed by atoms with Crippen molar-refractivity contribution in [2.45, 2.75) is 12.8 Å². The van der Waals surface area contributed by atoms with Crippen LogP contribution in [0.15, 0.2) is 46.3 Å². The lowest BCUT2D eigenvalue weighted by Crippen LogP contribution is -2.28. The van der Waals surface area contributed by atoms with Crippen molar-refractivity contribution in [3.05, 3.63) is 51.1 Å². The summed E-state index contributed by atoms with van der Waals surface area (Å²) in [7, 11) is 0.